The van der Waals surface area contributed by atoms with Crippen molar-refractivity contribution in [2.75, 3.05) is 20.2 Å². The molecule has 0 spiro atoms. The molecule has 3 aromatic rings. The lowest BCUT2D eigenvalue weighted by Crippen LogP contribution is -2.27. The number of fused-ring (bicyclic) bond motifs is 1. The van der Waals surface area contributed by atoms with Gasteiger partial charge in [0.15, 0.2) is 0 Å². The van der Waals surface area contributed by atoms with Crippen LogP contribution in [0.15, 0.2) is 66.5 Å². The number of hydrogen-bond acceptors (Lipinski definition) is 3. The third kappa shape index (κ3) is 3.70. The van der Waals surface area contributed by atoms with Crippen LogP contribution in [0.3, 0.4) is 0 Å². The second-order valence-corrected chi connectivity index (χ2v) is 6.59. The topological polar surface area (TPSA) is 41.1 Å². The number of hydrogen-bond donors (Lipinski definition) is 1. The molecule has 0 aliphatic carbocycles. The molecule has 132 valence electrons. The molecule has 1 aliphatic rings. The van der Waals surface area contributed by atoms with Gasteiger partial charge in [0.1, 0.15) is 11.4 Å². The van der Waals surface area contributed by atoms with Crippen molar-refractivity contribution in [3.05, 3.63) is 77.6 Å². The van der Waals surface area contributed by atoms with Gasteiger partial charge in [0.25, 0.3) is 0 Å². The maximum absolute atomic E-state index is 5.28. The molecule has 4 nitrogen and oxygen atoms in total. The summed E-state index contributed by atoms with van der Waals surface area (Å²) in [6.45, 7) is 3.00. The van der Waals surface area contributed by atoms with E-state index in [4.69, 9.17) is 4.74 Å². The van der Waals surface area contributed by atoms with Crippen LogP contribution in [0.5, 0.6) is 5.75 Å². The van der Waals surface area contributed by atoms with Crippen molar-refractivity contribution in [3.8, 4) is 5.75 Å². The van der Waals surface area contributed by atoms with Crippen molar-refractivity contribution in [1.82, 2.24) is 14.9 Å². The molecule has 1 N–H and O–H groups in total. The minimum absolute atomic E-state index is 0.893. The van der Waals surface area contributed by atoms with Crippen molar-refractivity contribution < 1.29 is 4.74 Å². The molecule has 3 heterocycles. The van der Waals surface area contributed by atoms with Gasteiger partial charge in [0.05, 0.1) is 7.11 Å². The molecule has 2 aromatic heterocycles. The Hall–Kier alpha value is -2.85. The Kier molecular flexibility index (Phi) is 4.84. The van der Waals surface area contributed by atoms with Crippen LogP contribution in [0.4, 0.5) is 0 Å². The summed E-state index contributed by atoms with van der Waals surface area (Å²) in [5, 5.41) is 1.22. The minimum atomic E-state index is 0.893. The molecule has 0 atom stereocenters. The lowest BCUT2D eigenvalue weighted by Gasteiger charge is -2.25. The van der Waals surface area contributed by atoms with Gasteiger partial charge in [-0.2, -0.15) is 0 Å². The number of rotatable bonds is 5. The second kappa shape index (κ2) is 7.58. The number of ether oxygens (including phenoxy) is 1. The zero-order chi connectivity index (χ0) is 17.8. The van der Waals surface area contributed by atoms with Gasteiger partial charge in [-0.3, -0.25) is 4.90 Å². The molecular weight excluding hydrogens is 322 g/mol. The number of methoxy groups -OCH3 is 1. The van der Waals surface area contributed by atoms with Crippen LogP contribution in [0, 0.1) is 0 Å². The van der Waals surface area contributed by atoms with Gasteiger partial charge in [-0.15, -0.1) is 0 Å². The average molecular weight is 345 g/mol. The van der Waals surface area contributed by atoms with Crippen LogP contribution in [0.25, 0.3) is 17.1 Å². The Bertz CT molecular complexity index is 955. The van der Waals surface area contributed by atoms with Gasteiger partial charge < -0.3 is 9.72 Å². The number of allylic oxidation sites excluding steroid dienone is 1. The van der Waals surface area contributed by atoms with E-state index in [-0.39, 0.29) is 0 Å². The fourth-order valence-corrected chi connectivity index (χ4v) is 3.35. The summed E-state index contributed by atoms with van der Waals surface area (Å²) in [5.41, 5.74) is 4.84. The molecule has 0 bridgehead atoms. The highest BCUT2D eigenvalue weighted by molar-refractivity contribution is 5.79. The Labute approximate surface area is 153 Å². The summed E-state index contributed by atoms with van der Waals surface area (Å²) in [5.74, 6) is 0.893. The molecule has 0 saturated heterocycles. The molecule has 0 amide bonds. The number of benzene rings is 1. The first-order valence-corrected chi connectivity index (χ1v) is 8.96. The molecule has 0 unspecified atom stereocenters. The smallest absolute Gasteiger partial charge is 0.137 e. The van der Waals surface area contributed by atoms with E-state index in [0.29, 0.717) is 0 Å². The van der Waals surface area contributed by atoms with Crippen molar-refractivity contribution >= 4 is 17.1 Å². The van der Waals surface area contributed by atoms with Crippen LogP contribution < -0.4 is 4.74 Å². The maximum atomic E-state index is 5.28. The number of H-pyrrole nitrogens is 1. The van der Waals surface area contributed by atoms with Crippen molar-refractivity contribution in [2.45, 2.75) is 13.0 Å². The maximum Gasteiger partial charge on any atom is 0.137 e. The molecule has 4 rings (SSSR count). The largest absolute Gasteiger partial charge is 0.497 e. The monoisotopic (exact) mass is 345 g/mol. The summed E-state index contributed by atoms with van der Waals surface area (Å²) in [6, 6.07) is 12.3. The quantitative estimate of drug-likeness (QED) is 0.744. The van der Waals surface area contributed by atoms with Crippen molar-refractivity contribution in [2.24, 2.45) is 0 Å². The number of pyridine rings is 1. The Morgan fingerprint density at radius 1 is 1.23 bits per heavy atom. The highest BCUT2D eigenvalue weighted by Crippen LogP contribution is 2.21. The first-order chi connectivity index (χ1) is 12.8. The normalized spacial score (nSPS) is 15.5. The van der Waals surface area contributed by atoms with Crippen LogP contribution in [-0.2, 0) is 6.54 Å². The van der Waals surface area contributed by atoms with Gasteiger partial charge in [0.2, 0.25) is 0 Å². The molecule has 26 heavy (non-hydrogen) atoms. The summed E-state index contributed by atoms with van der Waals surface area (Å²) in [4.78, 5) is 10.1. The predicted molar refractivity (Wildman–Crippen MR) is 106 cm³/mol. The summed E-state index contributed by atoms with van der Waals surface area (Å²) in [7, 11) is 1.70. The van der Waals surface area contributed by atoms with Gasteiger partial charge >= 0.3 is 0 Å². The minimum Gasteiger partial charge on any atom is -0.497 e. The lowest BCUT2D eigenvalue weighted by molar-refractivity contribution is 0.288. The molecule has 0 fully saturated rings. The summed E-state index contributed by atoms with van der Waals surface area (Å²) < 4.78 is 5.28. The second-order valence-electron chi connectivity index (χ2n) is 6.59. The molecule has 4 heteroatoms. The van der Waals surface area contributed by atoms with Crippen LogP contribution in [0.1, 0.15) is 17.5 Å². The Balaban J connectivity index is 1.39. The third-order valence-corrected chi connectivity index (χ3v) is 4.84. The van der Waals surface area contributed by atoms with Crippen molar-refractivity contribution in [1.29, 1.82) is 0 Å². The average Bonchev–Trinajstić information content (AvgIpc) is 3.11. The fraction of sp³-hybridized carbons (Fsp3) is 0.227. The van der Waals surface area contributed by atoms with E-state index in [0.717, 1.165) is 37.5 Å². The van der Waals surface area contributed by atoms with Gasteiger partial charge in [-0.05, 0) is 47.4 Å². The van der Waals surface area contributed by atoms with E-state index >= 15 is 0 Å². The number of nitrogens with zero attached hydrogens (tertiary/aromatic N) is 2. The predicted octanol–water partition coefficient (Wildman–Crippen LogP) is 4.42. The van der Waals surface area contributed by atoms with E-state index in [9.17, 15) is 0 Å². The highest BCUT2D eigenvalue weighted by atomic mass is 16.5. The first kappa shape index (κ1) is 16.6. The SMILES string of the molecule is COc1cccc(C=CC2=CCN(Cc3c[nH]c4ncccc34)CC2)c1. The van der Waals surface area contributed by atoms with E-state index in [2.05, 4.69) is 57.5 Å². The molecule has 0 radical (unpaired) electrons. The van der Waals surface area contributed by atoms with Gasteiger partial charge in [0, 0.05) is 37.4 Å². The molecule has 1 aliphatic heterocycles. The van der Waals surface area contributed by atoms with Crippen LogP contribution >= 0.6 is 0 Å². The van der Waals surface area contributed by atoms with E-state index in [1.165, 1.54) is 22.1 Å². The van der Waals surface area contributed by atoms with E-state index in [1.54, 1.807) is 7.11 Å². The van der Waals surface area contributed by atoms with Gasteiger partial charge in [-0.1, -0.05) is 30.4 Å². The van der Waals surface area contributed by atoms with E-state index in [1.807, 2.05) is 24.4 Å². The standard InChI is InChI=1S/C22H23N3O/c1-26-20-5-2-4-18(14-20)8-7-17-9-12-25(13-10-17)16-19-15-24-22-21(19)6-3-11-23-22/h2-9,11,14-15H,10,12-13,16H2,1H3,(H,23,24). The Morgan fingerprint density at radius 2 is 2.19 bits per heavy atom. The fourth-order valence-electron chi connectivity index (χ4n) is 3.35. The number of aromatic amines is 1. The molecular formula is C22H23N3O. The zero-order valence-electron chi connectivity index (χ0n) is 15.0. The summed E-state index contributed by atoms with van der Waals surface area (Å²) in [6.07, 6.45) is 11.7. The van der Waals surface area contributed by atoms with Gasteiger partial charge in [-0.25, -0.2) is 4.98 Å². The number of aromatic nitrogens is 2. The highest BCUT2D eigenvalue weighted by Gasteiger charge is 2.13. The third-order valence-electron chi connectivity index (χ3n) is 4.84. The van der Waals surface area contributed by atoms with Crippen molar-refractivity contribution in [3.63, 3.8) is 0 Å². The Morgan fingerprint density at radius 3 is 3.04 bits per heavy atom. The zero-order valence-corrected chi connectivity index (χ0v) is 15.0. The van der Waals surface area contributed by atoms with E-state index < -0.39 is 0 Å². The molecule has 1 aromatic carbocycles. The van der Waals surface area contributed by atoms with Crippen LogP contribution in [-0.4, -0.2) is 35.1 Å². The number of nitrogens with one attached hydrogen (secondary N) is 1. The lowest BCUT2D eigenvalue weighted by atomic mass is 10.1. The molecule has 0 saturated carbocycles. The summed E-state index contributed by atoms with van der Waals surface area (Å²) >= 11 is 0. The first-order valence-electron chi connectivity index (χ1n) is 8.96. The van der Waals surface area contributed by atoms with Crippen LogP contribution in [0.2, 0.25) is 0 Å².